The van der Waals surface area contributed by atoms with E-state index in [1.54, 1.807) is 0 Å². The summed E-state index contributed by atoms with van der Waals surface area (Å²) in [6.07, 6.45) is -0.253. The van der Waals surface area contributed by atoms with Crippen molar-refractivity contribution in [3.63, 3.8) is 0 Å². The second-order valence-electron chi connectivity index (χ2n) is 4.30. The molecule has 1 heterocycles. The normalized spacial score (nSPS) is 31.9. The lowest BCUT2D eigenvalue weighted by molar-refractivity contribution is -0.139. The van der Waals surface area contributed by atoms with Crippen LogP contribution in [0, 0.1) is 0 Å². The van der Waals surface area contributed by atoms with Gasteiger partial charge in [-0.15, -0.1) is 0 Å². The van der Waals surface area contributed by atoms with E-state index in [2.05, 4.69) is 10.9 Å². The number of ether oxygens (including phenoxy) is 1. The summed E-state index contributed by atoms with van der Waals surface area (Å²) >= 11 is 0. The van der Waals surface area contributed by atoms with Crippen molar-refractivity contribution in [3.8, 4) is 0 Å². The van der Waals surface area contributed by atoms with Crippen LogP contribution < -0.4 is 0 Å². The van der Waals surface area contributed by atoms with Gasteiger partial charge in [0.2, 0.25) is 0 Å². The van der Waals surface area contributed by atoms with Crippen molar-refractivity contribution in [2.24, 2.45) is 0 Å². The molecule has 1 aliphatic rings. The highest BCUT2D eigenvalue weighted by Crippen LogP contribution is 2.63. The van der Waals surface area contributed by atoms with Gasteiger partial charge in [0.25, 0.3) is 0 Å². The summed E-state index contributed by atoms with van der Waals surface area (Å²) in [5, 5.41) is 0. The molecule has 0 aromatic carbocycles. The van der Waals surface area contributed by atoms with Crippen LogP contribution in [0.3, 0.4) is 0 Å². The fourth-order valence-corrected chi connectivity index (χ4v) is 5.18. The summed E-state index contributed by atoms with van der Waals surface area (Å²) in [6, 6.07) is 0. The van der Waals surface area contributed by atoms with Gasteiger partial charge in [0.1, 0.15) is 12.6 Å². The molecule has 1 fully saturated rings. The quantitative estimate of drug-likeness (QED) is 0.336. The van der Waals surface area contributed by atoms with Crippen LogP contribution in [0.2, 0.25) is 0 Å². The first-order valence-corrected chi connectivity index (χ1v) is 9.04. The third-order valence-corrected chi connectivity index (χ3v) is 5.77. The number of carbonyl (C=O) groups is 1. The van der Waals surface area contributed by atoms with Crippen molar-refractivity contribution in [1.29, 1.82) is 0 Å². The summed E-state index contributed by atoms with van der Waals surface area (Å²) in [7, 11) is -8.11. The van der Waals surface area contributed by atoms with E-state index in [0.717, 1.165) is 0 Å². The van der Waals surface area contributed by atoms with Gasteiger partial charge in [0.15, 0.2) is 0 Å². The summed E-state index contributed by atoms with van der Waals surface area (Å²) in [5.74, 6) is -0.511. The molecule has 1 rings (SSSR count). The van der Waals surface area contributed by atoms with Crippen molar-refractivity contribution >= 4 is 21.2 Å². The van der Waals surface area contributed by atoms with Gasteiger partial charge < -0.3 is 14.5 Å². The first-order valence-electron chi connectivity index (χ1n) is 5.51. The molecule has 0 aromatic rings. The Hall–Kier alpha value is -0.490. The summed E-state index contributed by atoms with van der Waals surface area (Å²) in [4.78, 5) is 30.9. The van der Waals surface area contributed by atoms with Gasteiger partial charge in [0.05, 0.1) is 6.61 Å². The maximum atomic E-state index is 11.4. The molecule has 2 unspecified atom stereocenters. The first kappa shape index (κ1) is 16.6. The third-order valence-electron chi connectivity index (χ3n) is 2.21. The van der Waals surface area contributed by atoms with Gasteiger partial charge in [-0.05, 0) is 13.3 Å². The first-order chi connectivity index (χ1) is 8.61. The van der Waals surface area contributed by atoms with Gasteiger partial charge in [-0.25, -0.2) is 9.11 Å². The second kappa shape index (κ2) is 6.31. The Morgan fingerprint density at radius 1 is 1.37 bits per heavy atom. The van der Waals surface area contributed by atoms with Crippen molar-refractivity contribution in [1.82, 2.24) is 4.90 Å². The zero-order valence-electron chi connectivity index (χ0n) is 10.5. The van der Waals surface area contributed by atoms with E-state index in [0.29, 0.717) is 6.42 Å². The smallest absolute Gasteiger partial charge is 0.349 e. The Kier molecular flexibility index (Phi) is 5.50. The Balaban J connectivity index is 2.37. The molecule has 0 aromatic heterocycles. The highest BCUT2D eigenvalue weighted by molar-refractivity contribution is 7.66. The predicted molar refractivity (Wildman–Crippen MR) is 67.6 cm³/mol. The van der Waals surface area contributed by atoms with Crippen LogP contribution in [-0.2, 0) is 23.0 Å². The van der Waals surface area contributed by atoms with Crippen LogP contribution in [0.5, 0.6) is 0 Å². The molecule has 1 saturated heterocycles. The number of carbonyl (C=O) groups excluding carboxylic acids is 1. The Bertz CT molecular complexity index is 439. The Morgan fingerprint density at radius 3 is 2.37 bits per heavy atom. The van der Waals surface area contributed by atoms with Crippen molar-refractivity contribution in [2.45, 2.75) is 13.3 Å². The molecule has 110 valence electrons. The topological polar surface area (TPSA) is 113 Å². The predicted octanol–water partition coefficient (Wildman–Crippen LogP) is 1.11. The minimum Gasteiger partial charge on any atom is -0.462 e. The maximum absolute atomic E-state index is 11.4. The minimum atomic E-state index is -4.06. The highest BCUT2D eigenvalue weighted by Gasteiger charge is 2.41. The van der Waals surface area contributed by atoms with E-state index in [1.807, 2.05) is 0 Å². The SMILES string of the molecule is C=C(C)C(=O)OCCCN1CP(=O)(O)OP(=O)(O)C1. The maximum Gasteiger partial charge on any atom is 0.349 e. The molecule has 10 heteroatoms. The second-order valence-corrected chi connectivity index (χ2v) is 8.07. The van der Waals surface area contributed by atoms with Crippen molar-refractivity contribution in [3.05, 3.63) is 12.2 Å². The zero-order valence-corrected chi connectivity index (χ0v) is 12.3. The third kappa shape index (κ3) is 5.99. The van der Waals surface area contributed by atoms with Gasteiger partial charge >= 0.3 is 21.2 Å². The molecule has 19 heavy (non-hydrogen) atoms. The molecule has 1 aliphatic heterocycles. The average molecular weight is 313 g/mol. The molecule has 2 N–H and O–H groups in total. The summed E-state index contributed by atoms with van der Waals surface area (Å²) in [6.45, 7) is 5.30. The minimum absolute atomic E-state index is 0.106. The van der Waals surface area contributed by atoms with Gasteiger partial charge in [-0.3, -0.25) is 14.0 Å². The van der Waals surface area contributed by atoms with Crippen molar-refractivity contribution < 1.29 is 32.8 Å². The monoisotopic (exact) mass is 313 g/mol. The fraction of sp³-hybridized carbons (Fsp3) is 0.667. The number of hydrogen-bond acceptors (Lipinski definition) is 6. The van der Waals surface area contributed by atoms with E-state index in [1.165, 1.54) is 11.8 Å². The molecular weight excluding hydrogens is 296 g/mol. The van der Waals surface area contributed by atoms with Gasteiger partial charge in [-0.1, -0.05) is 6.58 Å². The zero-order chi connectivity index (χ0) is 14.7. The summed E-state index contributed by atoms with van der Waals surface area (Å²) < 4.78 is 31.8. The molecule has 0 spiro atoms. The lowest BCUT2D eigenvalue weighted by atomic mass is 10.3. The van der Waals surface area contributed by atoms with Crippen LogP contribution in [0.15, 0.2) is 12.2 Å². The lowest BCUT2D eigenvalue weighted by Gasteiger charge is -2.31. The van der Waals surface area contributed by atoms with Crippen molar-refractivity contribution in [2.75, 3.05) is 25.7 Å². The molecular formula is C9H17NO7P2. The van der Waals surface area contributed by atoms with Gasteiger partial charge in [0, 0.05) is 12.1 Å². The number of nitrogens with zero attached hydrogens (tertiary/aromatic N) is 1. The molecule has 8 nitrogen and oxygen atoms in total. The van der Waals surface area contributed by atoms with E-state index >= 15 is 0 Å². The van der Waals surface area contributed by atoms with Crippen LogP contribution in [0.25, 0.3) is 0 Å². The van der Waals surface area contributed by atoms with E-state index in [4.69, 9.17) is 4.74 Å². The summed E-state index contributed by atoms with van der Waals surface area (Å²) in [5.41, 5.74) is 0.283. The Morgan fingerprint density at radius 2 is 1.89 bits per heavy atom. The van der Waals surface area contributed by atoms with Crippen LogP contribution in [0.4, 0.5) is 0 Å². The number of rotatable bonds is 5. The van der Waals surface area contributed by atoms with Crippen LogP contribution >= 0.6 is 15.2 Å². The standard InChI is InChI=1S/C9H17NO7P2/c1-8(2)9(11)16-5-3-4-10-6-18(12,13)17-19(14,15)7-10/h1,3-7H2,2H3,(H,12,13)(H,14,15). The molecule has 2 atom stereocenters. The van der Waals surface area contributed by atoms with Crippen LogP contribution in [-0.4, -0.2) is 46.4 Å². The number of hydrogen-bond donors (Lipinski definition) is 2. The van der Waals surface area contributed by atoms with Gasteiger partial charge in [-0.2, -0.15) is 0 Å². The molecule has 0 bridgehead atoms. The van der Waals surface area contributed by atoms with E-state index in [9.17, 15) is 23.7 Å². The molecule has 0 amide bonds. The highest BCUT2D eigenvalue weighted by atomic mass is 31.3. The molecule has 0 aliphatic carbocycles. The van der Waals surface area contributed by atoms with Crippen LogP contribution in [0.1, 0.15) is 13.3 Å². The molecule has 0 saturated carbocycles. The lowest BCUT2D eigenvalue weighted by Crippen LogP contribution is -2.32. The largest absolute Gasteiger partial charge is 0.462 e. The van der Waals surface area contributed by atoms with E-state index < -0.39 is 21.2 Å². The van der Waals surface area contributed by atoms with E-state index in [-0.39, 0.29) is 31.3 Å². The molecule has 0 radical (unpaired) electrons. The Labute approximate surface area is 111 Å². The number of esters is 1. The fourth-order valence-electron chi connectivity index (χ4n) is 1.52. The average Bonchev–Trinajstić information content (AvgIpc) is 2.19.